The van der Waals surface area contributed by atoms with Crippen LogP contribution in [-0.2, 0) is 0 Å². The van der Waals surface area contributed by atoms with Gasteiger partial charge in [0.15, 0.2) is 0 Å². The molecule has 0 bridgehead atoms. The zero-order valence-electron chi connectivity index (χ0n) is 10.6. The monoisotopic (exact) mass is 200 g/mol. The lowest BCUT2D eigenvalue weighted by atomic mass is 10.1. The lowest BCUT2D eigenvalue weighted by molar-refractivity contribution is 0.410. The molecule has 0 aromatic carbocycles. The molecular weight excluding hydrogens is 172 g/mol. The molecule has 0 aliphatic heterocycles. The molecular formula is C12H28N2. The van der Waals surface area contributed by atoms with Crippen LogP contribution in [0.4, 0.5) is 0 Å². The van der Waals surface area contributed by atoms with Crippen LogP contribution in [0, 0.1) is 0 Å². The fourth-order valence-electron chi connectivity index (χ4n) is 1.62. The molecule has 14 heavy (non-hydrogen) atoms. The average molecular weight is 200 g/mol. The van der Waals surface area contributed by atoms with Gasteiger partial charge in [0.1, 0.15) is 0 Å². The third-order valence-electron chi connectivity index (χ3n) is 2.34. The van der Waals surface area contributed by atoms with Crippen molar-refractivity contribution >= 4 is 0 Å². The van der Waals surface area contributed by atoms with Crippen molar-refractivity contribution in [3.8, 4) is 0 Å². The van der Waals surface area contributed by atoms with Gasteiger partial charge in [0.2, 0.25) is 0 Å². The summed E-state index contributed by atoms with van der Waals surface area (Å²) in [5.41, 5.74) is 0. The average Bonchev–Trinajstić information content (AvgIpc) is 2.09. The standard InChI is InChI=1S/C12H28N2/c1-6-12(14-11(4)5)8-7-9-13-10(2)3/h10-14H,6-9H2,1-5H3. The van der Waals surface area contributed by atoms with Gasteiger partial charge < -0.3 is 10.6 Å². The van der Waals surface area contributed by atoms with Crippen molar-refractivity contribution in [2.45, 2.75) is 72.0 Å². The van der Waals surface area contributed by atoms with Crippen LogP contribution < -0.4 is 10.6 Å². The van der Waals surface area contributed by atoms with E-state index in [-0.39, 0.29) is 0 Å². The molecule has 2 nitrogen and oxygen atoms in total. The molecule has 2 N–H and O–H groups in total. The number of nitrogens with one attached hydrogen (secondary N) is 2. The first-order valence-corrected chi connectivity index (χ1v) is 6.05. The maximum Gasteiger partial charge on any atom is 0.00672 e. The topological polar surface area (TPSA) is 24.1 Å². The van der Waals surface area contributed by atoms with Crippen LogP contribution >= 0.6 is 0 Å². The summed E-state index contributed by atoms with van der Waals surface area (Å²) in [5.74, 6) is 0. The molecule has 0 aliphatic carbocycles. The molecule has 0 saturated carbocycles. The van der Waals surface area contributed by atoms with Crippen molar-refractivity contribution < 1.29 is 0 Å². The predicted octanol–water partition coefficient (Wildman–Crippen LogP) is 2.54. The largest absolute Gasteiger partial charge is 0.315 e. The quantitative estimate of drug-likeness (QED) is 0.588. The van der Waals surface area contributed by atoms with E-state index in [9.17, 15) is 0 Å². The Hall–Kier alpha value is -0.0800. The normalized spacial score (nSPS) is 13.9. The summed E-state index contributed by atoms with van der Waals surface area (Å²) in [6.45, 7) is 12.2. The van der Waals surface area contributed by atoms with Gasteiger partial charge in [-0.3, -0.25) is 0 Å². The maximum absolute atomic E-state index is 3.59. The lowest BCUT2D eigenvalue weighted by Crippen LogP contribution is -2.35. The molecule has 0 saturated heterocycles. The van der Waals surface area contributed by atoms with Gasteiger partial charge in [-0.1, -0.05) is 34.6 Å². The van der Waals surface area contributed by atoms with Gasteiger partial charge in [-0.2, -0.15) is 0 Å². The minimum atomic E-state index is 0.609. The molecule has 1 unspecified atom stereocenters. The number of hydrogen-bond acceptors (Lipinski definition) is 2. The third kappa shape index (κ3) is 8.52. The fourth-order valence-corrected chi connectivity index (χ4v) is 1.62. The summed E-state index contributed by atoms with van der Waals surface area (Å²) in [6, 6.07) is 1.93. The van der Waals surface area contributed by atoms with Gasteiger partial charge >= 0.3 is 0 Å². The molecule has 1 atom stereocenters. The van der Waals surface area contributed by atoms with Crippen LogP contribution in [0.1, 0.15) is 53.9 Å². The second-order valence-corrected chi connectivity index (χ2v) is 4.68. The van der Waals surface area contributed by atoms with E-state index in [1.807, 2.05) is 0 Å². The Bertz CT molecular complexity index is 121. The van der Waals surface area contributed by atoms with E-state index in [0.717, 1.165) is 6.54 Å². The highest BCUT2D eigenvalue weighted by Crippen LogP contribution is 2.02. The van der Waals surface area contributed by atoms with E-state index in [0.29, 0.717) is 18.1 Å². The van der Waals surface area contributed by atoms with E-state index in [1.54, 1.807) is 0 Å². The first kappa shape index (κ1) is 13.9. The van der Waals surface area contributed by atoms with Crippen molar-refractivity contribution in [1.29, 1.82) is 0 Å². The molecule has 2 heteroatoms. The zero-order chi connectivity index (χ0) is 11.0. The molecule has 0 aromatic heterocycles. The van der Waals surface area contributed by atoms with Crippen LogP contribution in [0.25, 0.3) is 0 Å². The minimum absolute atomic E-state index is 0.609. The second kappa shape index (κ2) is 8.25. The van der Waals surface area contributed by atoms with Gasteiger partial charge in [-0.05, 0) is 25.8 Å². The van der Waals surface area contributed by atoms with E-state index in [4.69, 9.17) is 0 Å². The summed E-state index contributed by atoms with van der Waals surface area (Å²) in [4.78, 5) is 0. The number of hydrogen-bond donors (Lipinski definition) is 2. The minimum Gasteiger partial charge on any atom is -0.315 e. The molecule has 86 valence electrons. The maximum atomic E-state index is 3.59. The molecule has 0 rings (SSSR count). The summed E-state index contributed by atoms with van der Waals surface area (Å²) < 4.78 is 0. The van der Waals surface area contributed by atoms with E-state index in [1.165, 1.54) is 19.3 Å². The molecule has 0 aromatic rings. The van der Waals surface area contributed by atoms with E-state index in [2.05, 4.69) is 45.3 Å². The van der Waals surface area contributed by atoms with Crippen molar-refractivity contribution in [1.82, 2.24) is 10.6 Å². The second-order valence-electron chi connectivity index (χ2n) is 4.68. The highest BCUT2D eigenvalue weighted by molar-refractivity contribution is 4.68. The third-order valence-corrected chi connectivity index (χ3v) is 2.34. The Morgan fingerprint density at radius 2 is 1.64 bits per heavy atom. The highest BCUT2D eigenvalue weighted by Gasteiger charge is 2.06. The van der Waals surface area contributed by atoms with Gasteiger partial charge in [0, 0.05) is 18.1 Å². The van der Waals surface area contributed by atoms with Crippen molar-refractivity contribution in [3.05, 3.63) is 0 Å². The Balaban J connectivity index is 3.43. The van der Waals surface area contributed by atoms with E-state index < -0.39 is 0 Å². The van der Waals surface area contributed by atoms with Crippen LogP contribution in [0.15, 0.2) is 0 Å². The zero-order valence-corrected chi connectivity index (χ0v) is 10.6. The van der Waals surface area contributed by atoms with Crippen molar-refractivity contribution in [2.24, 2.45) is 0 Å². The fraction of sp³-hybridized carbons (Fsp3) is 1.00. The first-order chi connectivity index (χ1) is 6.56. The summed E-state index contributed by atoms with van der Waals surface area (Å²) in [7, 11) is 0. The van der Waals surface area contributed by atoms with Gasteiger partial charge in [-0.25, -0.2) is 0 Å². The van der Waals surface area contributed by atoms with Crippen molar-refractivity contribution in [2.75, 3.05) is 6.54 Å². The van der Waals surface area contributed by atoms with Gasteiger partial charge in [-0.15, -0.1) is 0 Å². The summed E-state index contributed by atoms with van der Waals surface area (Å²) in [6.07, 6.45) is 3.80. The SMILES string of the molecule is CCC(CCCNC(C)C)NC(C)C. The molecule has 0 aliphatic rings. The molecule has 0 amide bonds. The Morgan fingerprint density at radius 1 is 1.00 bits per heavy atom. The Kier molecular flexibility index (Phi) is 8.20. The molecule has 0 heterocycles. The molecule has 0 fully saturated rings. The molecule has 0 radical (unpaired) electrons. The summed E-state index contributed by atoms with van der Waals surface area (Å²) in [5, 5.41) is 7.04. The summed E-state index contributed by atoms with van der Waals surface area (Å²) >= 11 is 0. The van der Waals surface area contributed by atoms with Gasteiger partial charge in [0.25, 0.3) is 0 Å². The Morgan fingerprint density at radius 3 is 2.07 bits per heavy atom. The van der Waals surface area contributed by atoms with Gasteiger partial charge in [0.05, 0.1) is 0 Å². The van der Waals surface area contributed by atoms with Crippen molar-refractivity contribution in [3.63, 3.8) is 0 Å². The first-order valence-electron chi connectivity index (χ1n) is 6.05. The predicted molar refractivity (Wildman–Crippen MR) is 64.7 cm³/mol. The number of rotatable bonds is 8. The van der Waals surface area contributed by atoms with Crippen LogP contribution in [-0.4, -0.2) is 24.7 Å². The Labute approximate surface area is 89.9 Å². The van der Waals surface area contributed by atoms with Crippen LogP contribution in [0.5, 0.6) is 0 Å². The van der Waals surface area contributed by atoms with Crippen LogP contribution in [0.3, 0.4) is 0 Å². The highest BCUT2D eigenvalue weighted by atomic mass is 14.9. The smallest absolute Gasteiger partial charge is 0.00672 e. The van der Waals surface area contributed by atoms with Crippen LogP contribution in [0.2, 0.25) is 0 Å². The lowest BCUT2D eigenvalue weighted by Gasteiger charge is -2.20. The molecule has 0 spiro atoms. The van der Waals surface area contributed by atoms with E-state index >= 15 is 0 Å².